The Hall–Kier alpha value is -1.32. The molecular formula is C14H23NO3. The second kappa shape index (κ2) is 6.57. The minimum atomic E-state index is -0.853. The molecule has 0 radical (unpaired) electrons. The summed E-state index contributed by atoms with van der Waals surface area (Å²) in [5.41, 5.74) is 2.07. The third kappa shape index (κ3) is 4.17. The third-order valence-electron chi connectivity index (χ3n) is 3.22. The molecule has 1 aliphatic carbocycles. The predicted molar refractivity (Wildman–Crippen MR) is 70.2 cm³/mol. The number of allylic oxidation sites excluding steroid dienone is 1. The maximum atomic E-state index is 12.4. The summed E-state index contributed by atoms with van der Waals surface area (Å²) in [4.78, 5) is 24.7. The first-order valence-corrected chi connectivity index (χ1v) is 6.61. The van der Waals surface area contributed by atoms with Gasteiger partial charge in [-0.2, -0.15) is 0 Å². The lowest BCUT2D eigenvalue weighted by molar-refractivity contribution is -0.138. The normalized spacial score (nSPS) is 15.3. The fourth-order valence-electron chi connectivity index (χ4n) is 2.32. The molecule has 0 aromatic carbocycles. The highest BCUT2D eigenvalue weighted by atomic mass is 16.4. The first-order valence-electron chi connectivity index (χ1n) is 6.61. The zero-order valence-corrected chi connectivity index (χ0v) is 11.5. The Bertz CT molecular complexity index is 358. The van der Waals surface area contributed by atoms with E-state index in [0.717, 1.165) is 24.8 Å². The van der Waals surface area contributed by atoms with E-state index in [2.05, 4.69) is 0 Å². The molecular weight excluding hydrogens is 230 g/mol. The topological polar surface area (TPSA) is 57.6 Å². The number of carbonyl (C=O) groups is 2. The van der Waals surface area contributed by atoms with Crippen LogP contribution >= 0.6 is 0 Å². The Balaban J connectivity index is 2.72. The van der Waals surface area contributed by atoms with Crippen LogP contribution in [-0.4, -0.2) is 35.0 Å². The van der Waals surface area contributed by atoms with Crippen LogP contribution in [0.2, 0.25) is 0 Å². The molecule has 0 atom stereocenters. The van der Waals surface area contributed by atoms with Crippen LogP contribution < -0.4 is 0 Å². The molecule has 1 aliphatic rings. The van der Waals surface area contributed by atoms with Gasteiger partial charge in [0, 0.05) is 18.7 Å². The van der Waals surface area contributed by atoms with Gasteiger partial charge in [0.25, 0.3) is 0 Å². The van der Waals surface area contributed by atoms with Gasteiger partial charge in [-0.15, -0.1) is 0 Å². The first kappa shape index (κ1) is 14.7. The van der Waals surface area contributed by atoms with Gasteiger partial charge in [0.05, 0.1) is 6.42 Å². The molecule has 1 rings (SSSR count). The van der Waals surface area contributed by atoms with E-state index in [1.165, 1.54) is 5.57 Å². The van der Waals surface area contributed by atoms with Gasteiger partial charge in [0.2, 0.25) is 5.91 Å². The predicted octanol–water partition coefficient (Wildman–Crippen LogP) is 2.45. The highest BCUT2D eigenvalue weighted by molar-refractivity contribution is 5.94. The summed E-state index contributed by atoms with van der Waals surface area (Å²) >= 11 is 0. The van der Waals surface area contributed by atoms with Crippen LogP contribution in [0.4, 0.5) is 0 Å². The smallest absolute Gasteiger partial charge is 0.305 e. The summed E-state index contributed by atoms with van der Waals surface area (Å²) in [5.74, 6) is -0.460. The molecule has 0 unspecified atom stereocenters. The molecule has 1 amide bonds. The molecule has 0 saturated heterocycles. The molecule has 0 heterocycles. The average Bonchev–Trinajstić information content (AvgIpc) is 2.69. The maximum absolute atomic E-state index is 12.4. The van der Waals surface area contributed by atoms with Crippen LogP contribution in [0.3, 0.4) is 0 Å². The number of rotatable bonds is 6. The second-order valence-electron chi connectivity index (χ2n) is 5.40. The van der Waals surface area contributed by atoms with Gasteiger partial charge in [0.15, 0.2) is 0 Å². The Morgan fingerprint density at radius 1 is 1.33 bits per heavy atom. The Morgan fingerprint density at radius 2 is 2.00 bits per heavy atom. The summed E-state index contributed by atoms with van der Waals surface area (Å²) in [7, 11) is 0. The van der Waals surface area contributed by atoms with Crippen LogP contribution in [0.1, 0.15) is 46.5 Å². The zero-order valence-electron chi connectivity index (χ0n) is 11.5. The largest absolute Gasteiger partial charge is 0.481 e. The standard InChI is InChI=1S/C14H23NO3/c1-10(2)9-15(8-7-13(16)17)14(18)12-6-4-5-11(12)3/h10H,4-9H2,1-3H3,(H,16,17). The van der Waals surface area contributed by atoms with Crippen molar-refractivity contribution in [2.45, 2.75) is 46.5 Å². The molecule has 1 N–H and O–H groups in total. The van der Waals surface area contributed by atoms with Crippen molar-refractivity contribution in [3.05, 3.63) is 11.1 Å². The van der Waals surface area contributed by atoms with Gasteiger partial charge in [-0.25, -0.2) is 0 Å². The summed E-state index contributed by atoms with van der Waals surface area (Å²) in [6.45, 7) is 7.02. The van der Waals surface area contributed by atoms with E-state index in [1.807, 2.05) is 20.8 Å². The summed E-state index contributed by atoms with van der Waals surface area (Å²) < 4.78 is 0. The number of nitrogens with zero attached hydrogens (tertiary/aromatic N) is 1. The SMILES string of the molecule is CC1=C(C(=O)N(CCC(=O)O)CC(C)C)CCC1. The molecule has 102 valence electrons. The second-order valence-corrected chi connectivity index (χ2v) is 5.40. The van der Waals surface area contributed by atoms with Crippen molar-refractivity contribution in [2.24, 2.45) is 5.92 Å². The van der Waals surface area contributed by atoms with Crippen LogP contribution in [0.15, 0.2) is 11.1 Å². The summed E-state index contributed by atoms with van der Waals surface area (Å²) in [6, 6.07) is 0. The minimum Gasteiger partial charge on any atom is -0.481 e. The molecule has 0 aromatic heterocycles. The lowest BCUT2D eigenvalue weighted by Gasteiger charge is -2.25. The highest BCUT2D eigenvalue weighted by Gasteiger charge is 2.24. The number of amides is 1. The number of carboxylic acid groups (broad SMARTS) is 1. The lowest BCUT2D eigenvalue weighted by atomic mass is 10.1. The number of carboxylic acids is 1. The average molecular weight is 253 g/mol. The van der Waals surface area contributed by atoms with Gasteiger partial charge in [-0.1, -0.05) is 19.4 Å². The van der Waals surface area contributed by atoms with Gasteiger partial charge in [-0.3, -0.25) is 9.59 Å². The molecule has 4 heteroatoms. The van der Waals surface area contributed by atoms with E-state index >= 15 is 0 Å². The number of hydrogen-bond acceptors (Lipinski definition) is 2. The summed E-state index contributed by atoms with van der Waals surface area (Å²) in [6.07, 6.45) is 2.90. The lowest BCUT2D eigenvalue weighted by Crippen LogP contribution is -2.36. The van der Waals surface area contributed by atoms with Crippen molar-refractivity contribution in [3.63, 3.8) is 0 Å². The van der Waals surface area contributed by atoms with Gasteiger partial charge in [0.1, 0.15) is 0 Å². The van der Waals surface area contributed by atoms with Crippen LogP contribution in [-0.2, 0) is 9.59 Å². The number of hydrogen-bond donors (Lipinski definition) is 1. The minimum absolute atomic E-state index is 0.0186. The molecule has 0 fully saturated rings. The van der Waals surface area contributed by atoms with Crippen LogP contribution in [0.5, 0.6) is 0 Å². The van der Waals surface area contributed by atoms with Crippen molar-refractivity contribution in [1.29, 1.82) is 0 Å². The van der Waals surface area contributed by atoms with E-state index < -0.39 is 5.97 Å². The summed E-state index contributed by atoms with van der Waals surface area (Å²) in [5, 5.41) is 8.75. The van der Waals surface area contributed by atoms with Crippen molar-refractivity contribution in [1.82, 2.24) is 4.90 Å². The molecule has 0 aliphatic heterocycles. The Labute approximate surface area is 109 Å². The van der Waals surface area contributed by atoms with Crippen LogP contribution in [0, 0.1) is 5.92 Å². The fourth-order valence-corrected chi connectivity index (χ4v) is 2.32. The molecule has 0 bridgehead atoms. The third-order valence-corrected chi connectivity index (χ3v) is 3.22. The molecule has 4 nitrogen and oxygen atoms in total. The molecule has 0 aromatic rings. The fraction of sp³-hybridized carbons (Fsp3) is 0.714. The van der Waals surface area contributed by atoms with Gasteiger partial charge < -0.3 is 10.0 Å². The maximum Gasteiger partial charge on any atom is 0.305 e. The van der Waals surface area contributed by atoms with Crippen molar-refractivity contribution in [2.75, 3.05) is 13.1 Å². The molecule has 0 saturated carbocycles. The van der Waals surface area contributed by atoms with Crippen LogP contribution in [0.25, 0.3) is 0 Å². The zero-order chi connectivity index (χ0) is 13.7. The Morgan fingerprint density at radius 3 is 2.44 bits per heavy atom. The van der Waals surface area contributed by atoms with Crippen molar-refractivity contribution in [3.8, 4) is 0 Å². The van der Waals surface area contributed by atoms with Crippen molar-refractivity contribution >= 4 is 11.9 Å². The first-order chi connectivity index (χ1) is 8.41. The number of carbonyl (C=O) groups excluding carboxylic acids is 1. The van der Waals surface area contributed by atoms with Gasteiger partial charge in [-0.05, 0) is 32.1 Å². The monoisotopic (exact) mass is 253 g/mol. The van der Waals surface area contributed by atoms with E-state index in [-0.39, 0.29) is 12.3 Å². The molecule has 18 heavy (non-hydrogen) atoms. The van der Waals surface area contributed by atoms with E-state index in [1.54, 1.807) is 4.90 Å². The quantitative estimate of drug-likeness (QED) is 0.791. The Kier molecular flexibility index (Phi) is 5.38. The van der Waals surface area contributed by atoms with E-state index in [4.69, 9.17) is 5.11 Å². The van der Waals surface area contributed by atoms with E-state index in [9.17, 15) is 9.59 Å². The molecule has 0 spiro atoms. The van der Waals surface area contributed by atoms with Crippen molar-refractivity contribution < 1.29 is 14.7 Å². The van der Waals surface area contributed by atoms with Gasteiger partial charge >= 0.3 is 5.97 Å². The van der Waals surface area contributed by atoms with E-state index in [0.29, 0.717) is 19.0 Å². The number of aliphatic carboxylic acids is 1. The highest BCUT2D eigenvalue weighted by Crippen LogP contribution is 2.27.